The molecule has 0 saturated carbocycles. The third kappa shape index (κ3) is 3.74. The molecule has 31 heavy (non-hydrogen) atoms. The first-order chi connectivity index (χ1) is 14.7. The predicted molar refractivity (Wildman–Crippen MR) is 111 cm³/mol. The molecule has 3 heterocycles. The number of carboxylic acid groups (broad SMARTS) is 1. The maximum absolute atomic E-state index is 13.2. The van der Waals surface area contributed by atoms with Crippen LogP contribution in [0, 0.1) is 11.8 Å². The minimum Gasteiger partial charge on any atom is -0.480 e. The van der Waals surface area contributed by atoms with Gasteiger partial charge in [0.2, 0.25) is 0 Å². The van der Waals surface area contributed by atoms with E-state index in [2.05, 4.69) is 15.2 Å². The number of aliphatic carboxylic acids is 1. The van der Waals surface area contributed by atoms with E-state index in [0.717, 1.165) is 74.7 Å². The minimum atomic E-state index is -4.34. The Bertz CT molecular complexity index is 994. The van der Waals surface area contributed by atoms with Gasteiger partial charge in [0.1, 0.15) is 5.54 Å². The molecule has 0 radical (unpaired) electrons. The van der Waals surface area contributed by atoms with Gasteiger partial charge in [-0.25, -0.2) is 0 Å². The van der Waals surface area contributed by atoms with Gasteiger partial charge < -0.3 is 20.3 Å². The molecule has 5 nitrogen and oxygen atoms in total. The summed E-state index contributed by atoms with van der Waals surface area (Å²) < 4.78 is 39.6. The largest absolute Gasteiger partial charge is 0.480 e. The number of benzene rings is 1. The molecule has 8 heteroatoms. The summed E-state index contributed by atoms with van der Waals surface area (Å²) in [6.45, 7) is 3.32. The average Bonchev–Trinajstić information content (AvgIpc) is 3.34. The van der Waals surface area contributed by atoms with Crippen LogP contribution in [0.3, 0.4) is 0 Å². The highest BCUT2D eigenvalue weighted by Crippen LogP contribution is 2.40. The van der Waals surface area contributed by atoms with Crippen LogP contribution >= 0.6 is 0 Å². The van der Waals surface area contributed by atoms with Crippen molar-refractivity contribution in [3.8, 4) is 0 Å². The molecule has 0 amide bonds. The van der Waals surface area contributed by atoms with Crippen molar-refractivity contribution in [2.24, 2.45) is 11.8 Å². The number of nitrogens with one attached hydrogen (secondary N) is 2. The molecular weight excluding hydrogens is 407 g/mol. The normalized spacial score (nSPS) is 29.1. The monoisotopic (exact) mass is 435 g/mol. The topological polar surface area (TPSA) is 68.4 Å². The van der Waals surface area contributed by atoms with Crippen LogP contribution in [0.2, 0.25) is 0 Å². The van der Waals surface area contributed by atoms with E-state index in [4.69, 9.17) is 0 Å². The molecule has 3 atom stereocenters. The standard InChI is InChI=1S/C23H28F3N3O2/c24-23(25,26)16-2-3-19-18(12-16)17-10-15-13-29(8-4-14(15)11-20(17)28-19)9-6-22(21(30)31)5-1-7-27-22/h2-3,12,14-15,27-28H,1,4-11,13H2,(H,30,31). The van der Waals surface area contributed by atoms with Gasteiger partial charge >= 0.3 is 12.1 Å². The fraction of sp³-hybridized carbons (Fsp3) is 0.609. The number of likely N-dealkylation sites (tertiary alicyclic amines) is 1. The SMILES string of the molecule is O=C(O)C1(CCN2CCC3Cc4[nH]c5ccc(C(F)(F)F)cc5c4CC3C2)CCCN1. The molecule has 2 saturated heterocycles. The van der Waals surface area contributed by atoms with E-state index in [-0.39, 0.29) is 0 Å². The molecule has 0 bridgehead atoms. The van der Waals surface area contributed by atoms with Crippen molar-refractivity contribution >= 4 is 16.9 Å². The summed E-state index contributed by atoms with van der Waals surface area (Å²) in [4.78, 5) is 17.5. The van der Waals surface area contributed by atoms with Crippen molar-refractivity contribution in [3.63, 3.8) is 0 Å². The van der Waals surface area contributed by atoms with Crippen LogP contribution < -0.4 is 5.32 Å². The van der Waals surface area contributed by atoms with Gasteiger partial charge in [0.15, 0.2) is 0 Å². The third-order valence-corrected chi connectivity index (χ3v) is 7.74. The number of piperidine rings is 1. The summed E-state index contributed by atoms with van der Waals surface area (Å²) in [6, 6.07) is 3.98. The van der Waals surface area contributed by atoms with E-state index in [1.165, 1.54) is 6.07 Å². The summed E-state index contributed by atoms with van der Waals surface area (Å²) in [5.41, 5.74) is 1.50. The molecule has 3 unspecified atom stereocenters. The molecule has 2 fully saturated rings. The lowest BCUT2D eigenvalue weighted by atomic mass is 9.74. The second-order valence-electron chi connectivity index (χ2n) is 9.53. The van der Waals surface area contributed by atoms with Gasteiger partial charge in [-0.2, -0.15) is 13.2 Å². The Morgan fingerprint density at radius 3 is 2.81 bits per heavy atom. The van der Waals surface area contributed by atoms with Gasteiger partial charge in [-0.3, -0.25) is 4.79 Å². The first kappa shape index (κ1) is 20.8. The van der Waals surface area contributed by atoms with E-state index in [0.29, 0.717) is 30.1 Å². The fourth-order valence-corrected chi connectivity index (χ4v) is 5.93. The Kier molecular flexibility index (Phi) is 5.05. The predicted octanol–water partition coefficient (Wildman–Crippen LogP) is 3.82. The van der Waals surface area contributed by atoms with E-state index >= 15 is 0 Å². The molecule has 0 spiro atoms. The number of aromatic amines is 1. The summed E-state index contributed by atoms with van der Waals surface area (Å²) in [5.74, 6) is 0.158. The van der Waals surface area contributed by atoms with Crippen LogP contribution in [-0.2, 0) is 23.8 Å². The molecule has 3 aliphatic rings. The Labute approximate surface area is 179 Å². The zero-order chi connectivity index (χ0) is 21.8. The number of carbonyl (C=O) groups is 1. The highest BCUT2D eigenvalue weighted by atomic mass is 19.4. The van der Waals surface area contributed by atoms with Crippen molar-refractivity contribution in [1.29, 1.82) is 0 Å². The Morgan fingerprint density at radius 1 is 1.26 bits per heavy atom. The van der Waals surface area contributed by atoms with Gasteiger partial charge in [0.25, 0.3) is 0 Å². The molecule has 1 aliphatic carbocycles. The third-order valence-electron chi connectivity index (χ3n) is 7.74. The number of rotatable bonds is 4. The zero-order valence-electron chi connectivity index (χ0n) is 17.4. The first-order valence-electron chi connectivity index (χ1n) is 11.2. The molecule has 5 rings (SSSR count). The second-order valence-corrected chi connectivity index (χ2v) is 9.53. The quantitative estimate of drug-likeness (QED) is 0.683. The summed E-state index contributed by atoms with van der Waals surface area (Å²) in [6.07, 6.45) is 0.507. The fourth-order valence-electron chi connectivity index (χ4n) is 5.93. The second kappa shape index (κ2) is 7.52. The van der Waals surface area contributed by atoms with Gasteiger partial charge in [-0.15, -0.1) is 0 Å². The average molecular weight is 435 g/mol. The van der Waals surface area contributed by atoms with Crippen LogP contribution in [0.25, 0.3) is 10.9 Å². The number of nitrogens with zero attached hydrogens (tertiary/aromatic N) is 1. The summed E-state index contributed by atoms with van der Waals surface area (Å²) in [7, 11) is 0. The molecule has 1 aromatic heterocycles. The van der Waals surface area contributed by atoms with Crippen LogP contribution in [0.5, 0.6) is 0 Å². The van der Waals surface area contributed by atoms with Crippen LogP contribution in [-0.4, -0.2) is 52.7 Å². The lowest BCUT2D eigenvalue weighted by molar-refractivity contribution is -0.144. The Hall–Kier alpha value is -2.06. The minimum absolute atomic E-state index is 0.395. The van der Waals surface area contributed by atoms with Gasteiger partial charge in [-0.1, -0.05) is 0 Å². The van der Waals surface area contributed by atoms with Crippen LogP contribution in [0.1, 0.15) is 42.5 Å². The maximum atomic E-state index is 13.2. The molecular formula is C23H28F3N3O2. The molecule has 2 aromatic rings. The highest BCUT2D eigenvalue weighted by Gasteiger charge is 2.42. The Morgan fingerprint density at radius 2 is 2.10 bits per heavy atom. The number of hydrogen-bond donors (Lipinski definition) is 3. The van der Waals surface area contributed by atoms with Gasteiger partial charge in [0.05, 0.1) is 5.56 Å². The molecule has 168 valence electrons. The van der Waals surface area contributed by atoms with Crippen LogP contribution in [0.4, 0.5) is 13.2 Å². The van der Waals surface area contributed by atoms with Crippen molar-refractivity contribution < 1.29 is 23.1 Å². The number of hydrogen-bond acceptors (Lipinski definition) is 3. The van der Waals surface area contributed by atoms with Crippen molar-refractivity contribution in [3.05, 3.63) is 35.0 Å². The molecule has 3 N–H and O–H groups in total. The zero-order valence-corrected chi connectivity index (χ0v) is 17.4. The number of halogens is 3. The number of fused-ring (bicyclic) bond motifs is 4. The van der Waals surface area contributed by atoms with E-state index < -0.39 is 23.2 Å². The number of alkyl halides is 3. The first-order valence-corrected chi connectivity index (χ1v) is 11.2. The lowest BCUT2D eigenvalue weighted by Gasteiger charge is -2.42. The van der Waals surface area contributed by atoms with Crippen molar-refractivity contribution in [1.82, 2.24) is 15.2 Å². The number of carboxylic acids is 1. The molecule has 2 aliphatic heterocycles. The smallest absolute Gasteiger partial charge is 0.416 e. The van der Waals surface area contributed by atoms with Gasteiger partial charge in [-0.05, 0) is 87.2 Å². The van der Waals surface area contributed by atoms with Crippen molar-refractivity contribution in [2.45, 2.75) is 50.2 Å². The maximum Gasteiger partial charge on any atom is 0.416 e. The number of aromatic nitrogens is 1. The van der Waals surface area contributed by atoms with Crippen LogP contribution in [0.15, 0.2) is 18.2 Å². The lowest BCUT2D eigenvalue weighted by Crippen LogP contribution is -2.51. The number of H-pyrrole nitrogens is 1. The van der Waals surface area contributed by atoms with Crippen molar-refractivity contribution in [2.75, 3.05) is 26.2 Å². The van der Waals surface area contributed by atoms with Gasteiger partial charge in [0, 0.05) is 29.7 Å². The van der Waals surface area contributed by atoms with E-state index in [9.17, 15) is 23.1 Å². The van der Waals surface area contributed by atoms with E-state index in [1.54, 1.807) is 6.07 Å². The summed E-state index contributed by atoms with van der Waals surface area (Å²) >= 11 is 0. The summed E-state index contributed by atoms with van der Waals surface area (Å²) in [5, 5.41) is 13.6. The highest BCUT2D eigenvalue weighted by molar-refractivity contribution is 5.86. The molecule has 1 aromatic carbocycles. The Balaban J connectivity index is 1.32. The van der Waals surface area contributed by atoms with E-state index in [1.807, 2.05) is 0 Å².